The maximum Gasteiger partial charge on any atom is 0.433 e. The van der Waals surface area contributed by atoms with Gasteiger partial charge in [0.05, 0.1) is 11.4 Å². The van der Waals surface area contributed by atoms with Crippen LogP contribution in [0.4, 0.5) is 13.2 Å². The van der Waals surface area contributed by atoms with E-state index in [0.29, 0.717) is 25.2 Å². The van der Waals surface area contributed by atoms with Gasteiger partial charge in [0.25, 0.3) is 0 Å². The summed E-state index contributed by atoms with van der Waals surface area (Å²) in [6, 6.07) is 7.38. The lowest BCUT2D eigenvalue weighted by Crippen LogP contribution is -2.29. The van der Waals surface area contributed by atoms with Crippen LogP contribution in [0.5, 0.6) is 0 Å². The van der Waals surface area contributed by atoms with Crippen LogP contribution in [0.15, 0.2) is 29.4 Å². The number of carbonyl (C=O) groups excluding carboxylic acids is 1. The smallest absolute Gasteiger partial charge is 0.342 e. The first-order valence-corrected chi connectivity index (χ1v) is 9.89. The first-order valence-electron chi connectivity index (χ1n) is 8.90. The lowest BCUT2D eigenvalue weighted by molar-refractivity contribution is -0.142. The van der Waals surface area contributed by atoms with Gasteiger partial charge >= 0.3 is 6.18 Å². The van der Waals surface area contributed by atoms with Crippen molar-refractivity contribution in [1.82, 2.24) is 14.9 Å². The Bertz CT molecular complexity index is 879. The summed E-state index contributed by atoms with van der Waals surface area (Å²) in [7, 11) is 0. The van der Waals surface area contributed by atoms with Crippen LogP contribution in [0.1, 0.15) is 29.7 Å². The van der Waals surface area contributed by atoms with Gasteiger partial charge in [-0.25, -0.2) is 9.97 Å². The Labute approximate surface area is 159 Å². The second kappa shape index (κ2) is 7.14. The van der Waals surface area contributed by atoms with E-state index in [4.69, 9.17) is 0 Å². The molecule has 8 heteroatoms. The number of aromatic nitrogens is 2. The number of fused-ring (bicyclic) bond motifs is 3. The molecule has 1 aromatic carbocycles. The molecule has 0 unspecified atom stereocenters. The molecule has 1 fully saturated rings. The molecular formula is C19H18F3N3OS. The lowest BCUT2D eigenvalue weighted by atomic mass is 9.88. The van der Waals surface area contributed by atoms with Crippen molar-refractivity contribution in [2.24, 2.45) is 0 Å². The fourth-order valence-corrected chi connectivity index (χ4v) is 4.38. The number of thioether (sulfide) groups is 1. The number of halogens is 3. The molecule has 0 N–H and O–H groups in total. The average Bonchev–Trinajstić information content (AvgIpc) is 3.19. The molecule has 0 spiro atoms. The molecule has 1 saturated heterocycles. The fraction of sp³-hybridized carbons (Fsp3) is 0.421. The number of amides is 1. The molecular weight excluding hydrogens is 375 g/mol. The normalized spacial score (nSPS) is 16.2. The summed E-state index contributed by atoms with van der Waals surface area (Å²) in [4.78, 5) is 22.1. The highest BCUT2D eigenvalue weighted by molar-refractivity contribution is 7.99. The molecule has 2 aliphatic rings. The maximum atomic E-state index is 13.6. The summed E-state index contributed by atoms with van der Waals surface area (Å²) < 4.78 is 40.8. The summed E-state index contributed by atoms with van der Waals surface area (Å²) in [5, 5.41) is 0.00493. The fourth-order valence-electron chi connectivity index (χ4n) is 3.64. The minimum absolute atomic E-state index is 0.00493. The van der Waals surface area contributed by atoms with Gasteiger partial charge < -0.3 is 4.90 Å². The summed E-state index contributed by atoms with van der Waals surface area (Å²) in [6.45, 7) is 1.43. The molecule has 0 bridgehead atoms. The maximum absolute atomic E-state index is 13.6. The number of likely N-dealkylation sites (tertiary alicyclic amines) is 1. The predicted molar refractivity (Wildman–Crippen MR) is 96.4 cm³/mol. The topological polar surface area (TPSA) is 46.1 Å². The van der Waals surface area contributed by atoms with Crippen molar-refractivity contribution in [1.29, 1.82) is 0 Å². The zero-order chi connectivity index (χ0) is 19.0. The molecule has 4 nitrogen and oxygen atoms in total. The van der Waals surface area contributed by atoms with Crippen molar-refractivity contribution >= 4 is 17.7 Å². The van der Waals surface area contributed by atoms with Gasteiger partial charge in [-0.15, -0.1) is 0 Å². The molecule has 142 valence electrons. The number of carbonyl (C=O) groups is 1. The Morgan fingerprint density at radius 1 is 1.11 bits per heavy atom. The largest absolute Gasteiger partial charge is 0.433 e. The summed E-state index contributed by atoms with van der Waals surface area (Å²) in [5.74, 6) is -0.0228. The van der Waals surface area contributed by atoms with Crippen molar-refractivity contribution < 1.29 is 18.0 Å². The lowest BCUT2D eigenvalue weighted by Gasteiger charge is -2.22. The van der Waals surface area contributed by atoms with Gasteiger partial charge in [-0.2, -0.15) is 13.2 Å². The van der Waals surface area contributed by atoms with E-state index in [1.165, 1.54) is 0 Å². The minimum Gasteiger partial charge on any atom is -0.342 e. The highest BCUT2D eigenvalue weighted by atomic mass is 32.2. The van der Waals surface area contributed by atoms with E-state index < -0.39 is 11.9 Å². The van der Waals surface area contributed by atoms with Crippen LogP contribution in [-0.2, 0) is 23.8 Å². The van der Waals surface area contributed by atoms with E-state index in [1.54, 1.807) is 17.0 Å². The summed E-state index contributed by atoms with van der Waals surface area (Å²) in [5.41, 5.74) is 1.32. The number of rotatable bonds is 3. The van der Waals surface area contributed by atoms with Gasteiger partial charge in [0.1, 0.15) is 0 Å². The van der Waals surface area contributed by atoms with E-state index in [2.05, 4.69) is 9.97 Å². The van der Waals surface area contributed by atoms with E-state index in [0.717, 1.165) is 35.7 Å². The molecule has 2 aromatic rings. The quantitative estimate of drug-likeness (QED) is 0.585. The van der Waals surface area contributed by atoms with Crippen LogP contribution < -0.4 is 0 Å². The van der Waals surface area contributed by atoms with Crippen molar-refractivity contribution in [3.63, 3.8) is 0 Å². The molecule has 1 amide bonds. The Kier molecular flexibility index (Phi) is 4.84. The molecule has 2 heterocycles. The van der Waals surface area contributed by atoms with Crippen LogP contribution in [0, 0.1) is 0 Å². The van der Waals surface area contributed by atoms with Crippen LogP contribution in [0.3, 0.4) is 0 Å². The third-order valence-electron chi connectivity index (χ3n) is 4.96. The molecule has 0 atom stereocenters. The van der Waals surface area contributed by atoms with Gasteiger partial charge in [0.15, 0.2) is 10.9 Å². The minimum atomic E-state index is -4.55. The Hall–Kier alpha value is -2.09. The predicted octanol–water partition coefficient (Wildman–Crippen LogP) is 3.98. The standard InChI is InChI=1S/C19H18F3N3OS/c20-19(21,22)17-14-8-7-12-5-1-2-6-13(12)16(14)23-18(24-17)27-11-15(26)25-9-3-4-10-25/h1-2,5-6H,3-4,7-11H2. The molecule has 27 heavy (non-hydrogen) atoms. The van der Waals surface area contributed by atoms with Gasteiger partial charge in [0.2, 0.25) is 5.91 Å². The Morgan fingerprint density at radius 2 is 1.85 bits per heavy atom. The van der Waals surface area contributed by atoms with Crippen molar-refractivity contribution in [3.05, 3.63) is 41.1 Å². The zero-order valence-electron chi connectivity index (χ0n) is 14.6. The monoisotopic (exact) mass is 393 g/mol. The average molecular weight is 393 g/mol. The second-order valence-corrected chi connectivity index (χ2v) is 7.66. The highest BCUT2D eigenvalue weighted by Gasteiger charge is 2.39. The van der Waals surface area contributed by atoms with E-state index >= 15 is 0 Å². The van der Waals surface area contributed by atoms with Crippen molar-refractivity contribution in [3.8, 4) is 11.3 Å². The number of hydrogen-bond acceptors (Lipinski definition) is 4. The van der Waals surface area contributed by atoms with E-state index in [-0.39, 0.29) is 28.8 Å². The van der Waals surface area contributed by atoms with E-state index in [1.807, 2.05) is 12.1 Å². The number of alkyl halides is 3. The first-order chi connectivity index (χ1) is 12.9. The molecule has 1 aromatic heterocycles. The number of hydrogen-bond donors (Lipinski definition) is 0. The van der Waals surface area contributed by atoms with Crippen molar-refractivity contribution in [2.75, 3.05) is 18.8 Å². The third kappa shape index (κ3) is 3.67. The first kappa shape index (κ1) is 18.3. The van der Waals surface area contributed by atoms with Gasteiger partial charge in [-0.1, -0.05) is 36.0 Å². The van der Waals surface area contributed by atoms with Gasteiger partial charge in [-0.3, -0.25) is 4.79 Å². The number of aryl methyl sites for hydroxylation is 1. The summed E-state index contributed by atoms with van der Waals surface area (Å²) >= 11 is 0.980. The van der Waals surface area contributed by atoms with E-state index in [9.17, 15) is 18.0 Å². The Morgan fingerprint density at radius 3 is 2.59 bits per heavy atom. The highest BCUT2D eigenvalue weighted by Crippen LogP contribution is 2.40. The molecule has 1 aliphatic carbocycles. The second-order valence-electron chi connectivity index (χ2n) is 6.71. The molecule has 1 aliphatic heterocycles. The van der Waals surface area contributed by atoms with Gasteiger partial charge in [-0.05, 0) is 31.2 Å². The van der Waals surface area contributed by atoms with Gasteiger partial charge in [0, 0.05) is 24.2 Å². The molecule has 0 radical (unpaired) electrons. The number of benzene rings is 1. The van der Waals surface area contributed by atoms with Crippen molar-refractivity contribution in [2.45, 2.75) is 37.0 Å². The SMILES string of the molecule is O=C(CSc1nc2c(c(C(F)(F)F)n1)CCc1ccccc1-2)N1CCCC1. The van der Waals surface area contributed by atoms with Crippen LogP contribution >= 0.6 is 11.8 Å². The zero-order valence-corrected chi connectivity index (χ0v) is 15.4. The van der Waals surface area contributed by atoms with Crippen LogP contribution in [0.25, 0.3) is 11.3 Å². The summed E-state index contributed by atoms with van der Waals surface area (Å²) in [6.07, 6.45) is -1.80. The van der Waals surface area contributed by atoms with Crippen LogP contribution in [0.2, 0.25) is 0 Å². The van der Waals surface area contributed by atoms with Crippen LogP contribution in [-0.4, -0.2) is 39.6 Å². The molecule has 4 rings (SSSR count). The molecule has 0 saturated carbocycles. The number of nitrogens with zero attached hydrogens (tertiary/aromatic N) is 3. The third-order valence-corrected chi connectivity index (χ3v) is 5.79. The Balaban J connectivity index is 1.68.